The maximum Gasteiger partial charge on any atom is 0.251 e. The average molecular weight is 270 g/mol. The molecule has 3 N–H and O–H groups in total. The van der Waals surface area contributed by atoms with E-state index in [1.807, 2.05) is 43.1 Å². The lowest BCUT2D eigenvalue weighted by Crippen LogP contribution is -2.47. The lowest BCUT2D eigenvalue weighted by molar-refractivity contribution is -0.126. The van der Waals surface area contributed by atoms with Crippen molar-refractivity contribution in [3.05, 3.63) is 34.9 Å². The molecule has 0 aliphatic heterocycles. The average Bonchev–Trinajstić information content (AvgIpc) is 2.37. The van der Waals surface area contributed by atoms with Crippen LogP contribution in [0.1, 0.15) is 25.3 Å². The van der Waals surface area contributed by atoms with Crippen molar-refractivity contribution in [2.75, 3.05) is 7.05 Å². The predicted octanol–water partition coefficient (Wildman–Crippen LogP) is 1.93. The molecular formula is C13H20ClN3O. The van der Waals surface area contributed by atoms with E-state index in [0.717, 1.165) is 18.4 Å². The van der Waals surface area contributed by atoms with Crippen molar-refractivity contribution in [2.45, 2.75) is 32.4 Å². The van der Waals surface area contributed by atoms with Gasteiger partial charge in [-0.25, -0.2) is 5.84 Å². The first-order valence-corrected chi connectivity index (χ1v) is 6.41. The van der Waals surface area contributed by atoms with Gasteiger partial charge in [0.2, 0.25) is 0 Å². The molecular weight excluding hydrogens is 250 g/mol. The van der Waals surface area contributed by atoms with Crippen LogP contribution in [0.15, 0.2) is 24.3 Å². The predicted molar refractivity (Wildman–Crippen MR) is 73.9 cm³/mol. The van der Waals surface area contributed by atoms with Crippen LogP contribution in [0.25, 0.3) is 0 Å². The number of benzene rings is 1. The number of hydrazine groups is 1. The molecule has 0 aromatic heterocycles. The van der Waals surface area contributed by atoms with Gasteiger partial charge in [0.1, 0.15) is 0 Å². The zero-order valence-electron chi connectivity index (χ0n) is 10.8. The van der Waals surface area contributed by atoms with Gasteiger partial charge in [-0.05, 0) is 31.2 Å². The van der Waals surface area contributed by atoms with E-state index in [1.54, 1.807) is 0 Å². The molecule has 1 atom stereocenters. The number of hydrogen-bond donors (Lipinski definition) is 2. The Labute approximate surface area is 113 Å². The molecule has 18 heavy (non-hydrogen) atoms. The monoisotopic (exact) mass is 269 g/mol. The van der Waals surface area contributed by atoms with Gasteiger partial charge in [-0.3, -0.25) is 15.1 Å². The van der Waals surface area contributed by atoms with E-state index in [4.69, 9.17) is 17.4 Å². The first-order chi connectivity index (χ1) is 8.58. The first kappa shape index (κ1) is 15.0. The summed E-state index contributed by atoms with van der Waals surface area (Å²) in [5, 5.41) is 0.714. The van der Waals surface area contributed by atoms with Crippen molar-refractivity contribution < 1.29 is 4.79 Å². The van der Waals surface area contributed by atoms with Crippen molar-refractivity contribution in [3.8, 4) is 0 Å². The van der Waals surface area contributed by atoms with Crippen molar-refractivity contribution in [2.24, 2.45) is 5.84 Å². The quantitative estimate of drug-likeness (QED) is 0.471. The zero-order chi connectivity index (χ0) is 13.5. The fraction of sp³-hybridized carbons (Fsp3) is 0.462. The lowest BCUT2D eigenvalue weighted by Gasteiger charge is -2.26. The topological polar surface area (TPSA) is 58.4 Å². The summed E-state index contributed by atoms with van der Waals surface area (Å²) in [6, 6.07) is 7.42. The number of likely N-dealkylation sites (N-methyl/N-ethyl adjacent to an activating group) is 1. The molecule has 0 aliphatic rings. The van der Waals surface area contributed by atoms with Crippen LogP contribution >= 0.6 is 11.6 Å². The zero-order valence-corrected chi connectivity index (χ0v) is 11.6. The largest absolute Gasteiger partial charge is 0.293 e. The molecule has 1 aromatic carbocycles. The number of rotatable bonds is 6. The summed E-state index contributed by atoms with van der Waals surface area (Å²) in [6.45, 7) is 2.74. The van der Waals surface area contributed by atoms with Crippen LogP contribution in [0.4, 0.5) is 0 Å². The molecule has 0 aliphatic carbocycles. The summed E-state index contributed by atoms with van der Waals surface area (Å²) in [5.41, 5.74) is 3.34. The number of carbonyl (C=O) groups is 1. The Kier molecular flexibility index (Phi) is 6.12. The highest BCUT2D eigenvalue weighted by Crippen LogP contribution is 2.13. The van der Waals surface area contributed by atoms with Gasteiger partial charge in [-0.2, -0.15) is 0 Å². The number of nitrogens with one attached hydrogen (secondary N) is 1. The number of halogens is 1. The van der Waals surface area contributed by atoms with Gasteiger partial charge in [0.25, 0.3) is 5.91 Å². The highest BCUT2D eigenvalue weighted by atomic mass is 35.5. The van der Waals surface area contributed by atoms with E-state index < -0.39 is 0 Å². The summed E-state index contributed by atoms with van der Waals surface area (Å²) in [4.78, 5) is 13.7. The van der Waals surface area contributed by atoms with Gasteiger partial charge in [0, 0.05) is 11.6 Å². The van der Waals surface area contributed by atoms with Gasteiger partial charge in [0.05, 0.1) is 6.04 Å². The Morgan fingerprint density at radius 2 is 2.06 bits per heavy atom. The second-order valence-electron chi connectivity index (χ2n) is 4.35. The van der Waals surface area contributed by atoms with Crippen LogP contribution in [0.2, 0.25) is 5.02 Å². The standard InChI is InChI=1S/C13H20ClN3O/c1-3-4-12(13(18)16-15)17(2)9-10-5-7-11(14)8-6-10/h5-8,12H,3-4,9,15H2,1-2H3,(H,16,18). The number of carbonyl (C=O) groups excluding carboxylic acids is 1. The minimum atomic E-state index is -0.198. The van der Waals surface area contributed by atoms with E-state index in [9.17, 15) is 4.79 Å². The van der Waals surface area contributed by atoms with Crippen molar-refractivity contribution in [1.82, 2.24) is 10.3 Å². The molecule has 1 amide bonds. The van der Waals surface area contributed by atoms with Crippen LogP contribution in [0.5, 0.6) is 0 Å². The van der Waals surface area contributed by atoms with Crippen molar-refractivity contribution >= 4 is 17.5 Å². The third-order valence-electron chi connectivity index (χ3n) is 2.88. The van der Waals surface area contributed by atoms with Gasteiger partial charge >= 0.3 is 0 Å². The lowest BCUT2D eigenvalue weighted by atomic mass is 10.1. The minimum Gasteiger partial charge on any atom is -0.293 e. The van der Waals surface area contributed by atoms with Crippen LogP contribution in [0.3, 0.4) is 0 Å². The van der Waals surface area contributed by atoms with Crippen LogP contribution in [0, 0.1) is 0 Å². The highest BCUT2D eigenvalue weighted by molar-refractivity contribution is 6.30. The number of hydrogen-bond acceptors (Lipinski definition) is 3. The molecule has 1 aromatic rings. The molecule has 0 heterocycles. The Bertz CT molecular complexity index is 380. The van der Waals surface area contributed by atoms with E-state index in [1.165, 1.54) is 0 Å². The molecule has 5 heteroatoms. The van der Waals surface area contributed by atoms with Crippen molar-refractivity contribution in [3.63, 3.8) is 0 Å². The Balaban J connectivity index is 2.68. The Morgan fingerprint density at radius 1 is 1.44 bits per heavy atom. The minimum absolute atomic E-state index is 0.145. The number of amides is 1. The van der Waals surface area contributed by atoms with E-state index in [-0.39, 0.29) is 11.9 Å². The third kappa shape index (κ3) is 4.29. The van der Waals surface area contributed by atoms with E-state index >= 15 is 0 Å². The summed E-state index contributed by atoms with van der Waals surface area (Å²) in [7, 11) is 1.92. The second kappa shape index (κ2) is 7.36. The molecule has 0 fully saturated rings. The van der Waals surface area contributed by atoms with Crippen LogP contribution in [-0.4, -0.2) is 23.9 Å². The summed E-state index contributed by atoms with van der Waals surface area (Å²) >= 11 is 5.84. The summed E-state index contributed by atoms with van der Waals surface area (Å²) < 4.78 is 0. The molecule has 0 saturated heterocycles. The molecule has 100 valence electrons. The van der Waals surface area contributed by atoms with Gasteiger partial charge in [-0.15, -0.1) is 0 Å². The summed E-state index contributed by atoms with van der Waals surface area (Å²) in [5.74, 6) is 5.07. The number of nitrogens with two attached hydrogens (primary N) is 1. The normalized spacial score (nSPS) is 12.5. The third-order valence-corrected chi connectivity index (χ3v) is 3.14. The maximum atomic E-state index is 11.7. The Morgan fingerprint density at radius 3 is 2.56 bits per heavy atom. The van der Waals surface area contributed by atoms with Crippen LogP contribution in [-0.2, 0) is 11.3 Å². The maximum absolute atomic E-state index is 11.7. The second-order valence-corrected chi connectivity index (χ2v) is 4.79. The molecule has 0 saturated carbocycles. The first-order valence-electron chi connectivity index (χ1n) is 6.03. The van der Waals surface area contributed by atoms with Crippen molar-refractivity contribution in [1.29, 1.82) is 0 Å². The van der Waals surface area contributed by atoms with Gasteiger partial charge in [0.15, 0.2) is 0 Å². The Hall–Kier alpha value is -1.10. The fourth-order valence-corrected chi connectivity index (χ4v) is 2.04. The van der Waals surface area contributed by atoms with Gasteiger partial charge < -0.3 is 0 Å². The van der Waals surface area contributed by atoms with Crippen LogP contribution < -0.4 is 11.3 Å². The van der Waals surface area contributed by atoms with E-state index in [0.29, 0.717) is 11.6 Å². The smallest absolute Gasteiger partial charge is 0.251 e. The summed E-state index contributed by atoms with van der Waals surface area (Å²) in [6.07, 6.45) is 1.72. The molecule has 0 spiro atoms. The molecule has 1 rings (SSSR count). The van der Waals surface area contributed by atoms with Gasteiger partial charge in [-0.1, -0.05) is 37.1 Å². The SMILES string of the molecule is CCCC(C(=O)NN)N(C)Cc1ccc(Cl)cc1. The van der Waals surface area contributed by atoms with E-state index in [2.05, 4.69) is 5.43 Å². The molecule has 4 nitrogen and oxygen atoms in total. The number of nitrogens with zero attached hydrogens (tertiary/aromatic N) is 1. The fourth-order valence-electron chi connectivity index (χ4n) is 1.91. The molecule has 0 radical (unpaired) electrons. The molecule has 0 bridgehead atoms. The molecule has 1 unspecified atom stereocenters. The highest BCUT2D eigenvalue weighted by Gasteiger charge is 2.21.